The molecule has 0 spiro atoms. The maximum absolute atomic E-state index is 15.1. The second-order valence-electron chi connectivity index (χ2n) is 9.72. The van der Waals surface area contributed by atoms with Gasteiger partial charge in [0.15, 0.2) is 0 Å². The van der Waals surface area contributed by atoms with E-state index in [0.29, 0.717) is 42.4 Å². The molecule has 3 atom stereocenters. The van der Waals surface area contributed by atoms with E-state index in [1.807, 2.05) is 18.2 Å². The summed E-state index contributed by atoms with van der Waals surface area (Å²) in [5.74, 6) is 0.347. The van der Waals surface area contributed by atoms with Gasteiger partial charge in [0.2, 0.25) is 0 Å². The van der Waals surface area contributed by atoms with Crippen LogP contribution in [0, 0.1) is 5.82 Å². The van der Waals surface area contributed by atoms with Gasteiger partial charge in [-0.15, -0.1) is 0 Å². The number of amides is 1. The third kappa shape index (κ3) is 4.44. The molecule has 3 aliphatic rings. The maximum atomic E-state index is 15.1. The fraction of sp³-hybridized carbons (Fsp3) is 0.500. The topological polar surface area (TPSA) is 56.3 Å². The summed E-state index contributed by atoms with van der Waals surface area (Å²) < 4.78 is 21.1. The zero-order chi connectivity index (χ0) is 23.1. The van der Waals surface area contributed by atoms with Crippen LogP contribution in [0.3, 0.4) is 0 Å². The van der Waals surface area contributed by atoms with Crippen molar-refractivity contribution in [2.45, 2.75) is 50.4 Å². The van der Waals surface area contributed by atoms with Gasteiger partial charge >= 0.3 is 0 Å². The average molecular weight is 454 g/mol. The van der Waals surface area contributed by atoms with Crippen LogP contribution in [0.15, 0.2) is 36.4 Å². The predicted octanol–water partition coefficient (Wildman–Crippen LogP) is 3.46. The Balaban J connectivity index is 1.30. The van der Waals surface area contributed by atoms with Gasteiger partial charge in [0.1, 0.15) is 17.7 Å². The molecule has 2 aromatic rings. The second kappa shape index (κ2) is 8.95. The van der Waals surface area contributed by atoms with Crippen molar-refractivity contribution < 1.29 is 19.0 Å². The van der Waals surface area contributed by atoms with Crippen LogP contribution in [0.25, 0.3) is 0 Å². The van der Waals surface area contributed by atoms with E-state index in [0.717, 1.165) is 43.7 Å². The zero-order valence-corrected chi connectivity index (χ0v) is 19.3. The molecule has 176 valence electrons. The van der Waals surface area contributed by atoms with Gasteiger partial charge in [-0.25, -0.2) is 4.39 Å². The Labute approximate surface area is 194 Å². The molecule has 7 heteroatoms. The first-order valence-electron chi connectivity index (χ1n) is 11.9. The minimum Gasteiger partial charge on any atom is -0.490 e. The van der Waals surface area contributed by atoms with Crippen LogP contribution in [0.4, 0.5) is 15.8 Å². The minimum absolute atomic E-state index is 0.0268. The Morgan fingerprint density at radius 1 is 1.09 bits per heavy atom. The van der Waals surface area contributed by atoms with E-state index in [2.05, 4.69) is 23.9 Å². The van der Waals surface area contributed by atoms with Crippen LogP contribution in [-0.4, -0.2) is 67.9 Å². The molecule has 1 saturated carbocycles. The monoisotopic (exact) mass is 453 g/mol. The van der Waals surface area contributed by atoms with Crippen molar-refractivity contribution in [1.29, 1.82) is 0 Å². The lowest BCUT2D eigenvalue weighted by atomic mass is 9.98. The van der Waals surface area contributed by atoms with Crippen LogP contribution < -0.4 is 14.5 Å². The number of aliphatic hydroxyl groups is 1. The van der Waals surface area contributed by atoms with Crippen molar-refractivity contribution in [3.8, 4) is 5.75 Å². The van der Waals surface area contributed by atoms with Crippen molar-refractivity contribution in [2.75, 3.05) is 43.5 Å². The first kappa shape index (κ1) is 22.2. The minimum atomic E-state index is -0.284. The van der Waals surface area contributed by atoms with Crippen LogP contribution in [0.2, 0.25) is 0 Å². The molecule has 33 heavy (non-hydrogen) atoms. The van der Waals surface area contributed by atoms with Crippen molar-refractivity contribution in [1.82, 2.24) is 4.90 Å². The lowest BCUT2D eigenvalue weighted by Crippen LogP contribution is -2.37. The number of halogens is 1. The van der Waals surface area contributed by atoms with E-state index >= 15 is 4.39 Å². The number of likely N-dealkylation sites (N-methyl/N-ethyl adjacent to an activating group) is 1. The van der Waals surface area contributed by atoms with Gasteiger partial charge in [-0.1, -0.05) is 0 Å². The van der Waals surface area contributed by atoms with Crippen LogP contribution >= 0.6 is 0 Å². The maximum Gasteiger partial charge on any atom is 0.258 e. The SMILES string of the molecule is CN(C)[C@@H]1CCN(c2ccc(N3CCc4cc(OC5CCC(O)C5)ccc4C3=O)cc2F)C1. The Bertz CT molecular complexity index is 1040. The highest BCUT2D eigenvalue weighted by Crippen LogP contribution is 2.33. The smallest absolute Gasteiger partial charge is 0.258 e. The van der Waals surface area contributed by atoms with Gasteiger partial charge in [-0.3, -0.25) is 4.79 Å². The van der Waals surface area contributed by atoms with E-state index in [1.54, 1.807) is 17.0 Å². The number of carbonyl (C=O) groups is 1. The standard InChI is InChI=1S/C26H32FN3O3/c1-28(2)19-10-11-29(16-19)25-8-3-18(14-24(25)27)30-12-9-17-13-21(6-7-23(17)26(30)32)33-22-5-4-20(31)15-22/h3,6-8,13-14,19-20,22,31H,4-5,9-12,15-16H2,1-2H3/t19-,20?,22?/m1/s1. The number of hydrogen-bond acceptors (Lipinski definition) is 5. The molecular weight excluding hydrogens is 421 g/mol. The molecule has 2 heterocycles. The Morgan fingerprint density at radius 3 is 2.64 bits per heavy atom. The Morgan fingerprint density at radius 2 is 1.94 bits per heavy atom. The van der Waals surface area contributed by atoms with Gasteiger partial charge in [0.05, 0.1) is 11.8 Å². The average Bonchev–Trinajstić information content (AvgIpc) is 3.43. The molecule has 5 rings (SSSR count). The molecule has 0 aromatic heterocycles. The van der Waals surface area contributed by atoms with Gasteiger partial charge in [0.25, 0.3) is 5.91 Å². The normalized spacial score (nSPS) is 25.1. The third-order valence-electron chi connectivity index (χ3n) is 7.29. The first-order chi connectivity index (χ1) is 15.9. The van der Waals surface area contributed by atoms with Gasteiger partial charge in [-0.2, -0.15) is 0 Å². The lowest BCUT2D eigenvalue weighted by Gasteiger charge is -2.30. The fourth-order valence-corrected chi connectivity index (χ4v) is 5.30. The highest BCUT2D eigenvalue weighted by atomic mass is 19.1. The summed E-state index contributed by atoms with van der Waals surface area (Å²) in [5, 5.41) is 9.71. The van der Waals surface area contributed by atoms with E-state index in [-0.39, 0.29) is 23.9 Å². The summed E-state index contributed by atoms with van der Waals surface area (Å²) in [6.45, 7) is 2.14. The number of benzene rings is 2. The van der Waals surface area contributed by atoms with Crippen molar-refractivity contribution in [3.63, 3.8) is 0 Å². The highest BCUT2D eigenvalue weighted by molar-refractivity contribution is 6.08. The fourth-order valence-electron chi connectivity index (χ4n) is 5.30. The largest absolute Gasteiger partial charge is 0.490 e. The number of fused-ring (bicyclic) bond motifs is 1. The van der Waals surface area contributed by atoms with Gasteiger partial charge in [0, 0.05) is 43.3 Å². The molecule has 2 aromatic carbocycles. The van der Waals surface area contributed by atoms with Crippen molar-refractivity contribution in [2.24, 2.45) is 0 Å². The summed E-state index contributed by atoms with van der Waals surface area (Å²) in [4.78, 5) is 19.1. The van der Waals surface area contributed by atoms with Crippen LogP contribution in [0.1, 0.15) is 41.6 Å². The summed E-state index contributed by atoms with van der Waals surface area (Å²) in [7, 11) is 4.11. The predicted molar refractivity (Wildman–Crippen MR) is 127 cm³/mol. The molecule has 2 aliphatic heterocycles. The zero-order valence-electron chi connectivity index (χ0n) is 19.3. The third-order valence-corrected chi connectivity index (χ3v) is 7.29. The molecule has 1 saturated heterocycles. The summed E-state index contributed by atoms with van der Waals surface area (Å²) in [6, 6.07) is 11.1. The molecule has 1 aliphatic carbocycles. The van der Waals surface area contributed by atoms with Gasteiger partial charge in [-0.05, 0) is 81.7 Å². The molecule has 1 amide bonds. The van der Waals surface area contributed by atoms with Crippen LogP contribution in [0.5, 0.6) is 5.75 Å². The lowest BCUT2D eigenvalue weighted by molar-refractivity contribution is 0.0980. The molecule has 1 N–H and O–H groups in total. The molecule has 2 fully saturated rings. The molecule has 2 unspecified atom stereocenters. The number of hydrogen-bond donors (Lipinski definition) is 1. The van der Waals surface area contributed by atoms with Crippen LogP contribution in [-0.2, 0) is 6.42 Å². The number of aliphatic hydroxyl groups excluding tert-OH is 1. The number of carbonyl (C=O) groups excluding carboxylic acids is 1. The number of nitrogens with zero attached hydrogens (tertiary/aromatic N) is 3. The molecular formula is C26H32FN3O3. The van der Waals surface area contributed by atoms with Gasteiger partial charge < -0.3 is 24.5 Å². The van der Waals surface area contributed by atoms with Crippen molar-refractivity contribution >= 4 is 17.3 Å². The van der Waals surface area contributed by atoms with Crippen molar-refractivity contribution in [3.05, 3.63) is 53.3 Å². The summed E-state index contributed by atoms with van der Waals surface area (Å²) in [5.41, 5.74) is 2.79. The molecule has 0 bridgehead atoms. The highest BCUT2D eigenvalue weighted by Gasteiger charge is 2.30. The molecule has 6 nitrogen and oxygen atoms in total. The quantitative estimate of drug-likeness (QED) is 0.752. The summed E-state index contributed by atoms with van der Waals surface area (Å²) in [6.07, 6.45) is 3.72. The first-order valence-corrected chi connectivity index (χ1v) is 11.9. The second-order valence-corrected chi connectivity index (χ2v) is 9.72. The van der Waals surface area contributed by atoms with E-state index in [1.165, 1.54) is 6.07 Å². The number of ether oxygens (including phenoxy) is 1. The number of rotatable bonds is 5. The Kier molecular flexibility index (Phi) is 6.01. The van der Waals surface area contributed by atoms with E-state index < -0.39 is 0 Å². The van der Waals surface area contributed by atoms with E-state index in [9.17, 15) is 9.90 Å². The Hall–Kier alpha value is -2.64. The molecule has 0 radical (unpaired) electrons. The number of anilines is 2. The summed E-state index contributed by atoms with van der Waals surface area (Å²) >= 11 is 0. The van der Waals surface area contributed by atoms with E-state index in [4.69, 9.17) is 4.74 Å².